The highest BCUT2D eigenvalue weighted by atomic mass is 16.5. The van der Waals surface area contributed by atoms with Gasteiger partial charge in [-0.05, 0) is 46.0 Å². The largest absolute Gasteiger partial charge is 0.467 e. The van der Waals surface area contributed by atoms with Crippen molar-refractivity contribution in [3.05, 3.63) is 29.3 Å². The number of hydrogen-bond donors (Lipinski definition) is 1. The molecule has 2 heterocycles. The van der Waals surface area contributed by atoms with E-state index in [1.807, 2.05) is 13.8 Å². The number of nitrogens with one attached hydrogen (secondary N) is 1. The normalized spacial score (nSPS) is 14.5. The van der Waals surface area contributed by atoms with Crippen LogP contribution in [0.4, 0.5) is 0 Å². The molecule has 0 aromatic carbocycles. The molecule has 2 aromatic heterocycles. The van der Waals surface area contributed by atoms with E-state index >= 15 is 0 Å². The molecule has 1 amide bonds. The Kier molecular flexibility index (Phi) is 5.13. The van der Waals surface area contributed by atoms with Gasteiger partial charge in [-0.1, -0.05) is 11.6 Å². The summed E-state index contributed by atoms with van der Waals surface area (Å²) in [7, 11) is 0. The number of furan rings is 1. The van der Waals surface area contributed by atoms with Crippen molar-refractivity contribution in [3.8, 4) is 5.88 Å². The smallest absolute Gasteiger partial charge is 0.258 e. The minimum absolute atomic E-state index is 0.0607. The number of allylic oxidation sites excluding steroid dienone is 1. The van der Waals surface area contributed by atoms with E-state index in [4.69, 9.17) is 9.15 Å². The maximum atomic E-state index is 12.0. The minimum Gasteiger partial charge on any atom is -0.467 e. The van der Waals surface area contributed by atoms with Crippen LogP contribution in [0.15, 0.2) is 22.4 Å². The van der Waals surface area contributed by atoms with Crippen LogP contribution in [0.5, 0.6) is 5.88 Å². The van der Waals surface area contributed by atoms with E-state index in [0.717, 1.165) is 29.6 Å². The third-order valence-electron chi connectivity index (χ3n) is 4.42. The monoisotopic (exact) mass is 329 g/mol. The topological polar surface area (TPSA) is 77.2 Å². The van der Waals surface area contributed by atoms with Crippen molar-refractivity contribution in [2.75, 3.05) is 13.2 Å². The van der Waals surface area contributed by atoms with Crippen molar-refractivity contribution < 1.29 is 13.9 Å². The molecule has 128 valence electrons. The number of amides is 1. The van der Waals surface area contributed by atoms with Crippen molar-refractivity contribution in [1.29, 1.82) is 0 Å². The number of carbonyl (C=O) groups excluding carboxylic acids is 1. The quantitative estimate of drug-likeness (QED) is 0.823. The minimum atomic E-state index is -0.143. The van der Waals surface area contributed by atoms with Crippen molar-refractivity contribution in [2.24, 2.45) is 0 Å². The van der Waals surface area contributed by atoms with Crippen molar-refractivity contribution in [1.82, 2.24) is 15.3 Å². The molecule has 6 nitrogen and oxygen atoms in total. The van der Waals surface area contributed by atoms with Gasteiger partial charge in [-0.2, -0.15) is 0 Å². The molecule has 0 aliphatic heterocycles. The summed E-state index contributed by atoms with van der Waals surface area (Å²) in [6, 6.07) is 0. The van der Waals surface area contributed by atoms with Crippen LogP contribution in [-0.2, 0) is 4.79 Å². The molecule has 0 spiro atoms. The van der Waals surface area contributed by atoms with Crippen molar-refractivity contribution in [2.45, 2.75) is 46.0 Å². The molecule has 1 aliphatic rings. The maximum absolute atomic E-state index is 12.0. The van der Waals surface area contributed by atoms with Gasteiger partial charge < -0.3 is 14.5 Å². The van der Waals surface area contributed by atoms with Crippen LogP contribution in [-0.4, -0.2) is 29.0 Å². The molecular formula is C18H23N3O3. The number of aromatic nitrogens is 2. The second kappa shape index (κ2) is 7.47. The fraction of sp³-hybridized carbons (Fsp3) is 0.500. The van der Waals surface area contributed by atoms with Gasteiger partial charge in [0, 0.05) is 12.1 Å². The predicted molar refractivity (Wildman–Crippen MR) is 91.0 cm³/mol. The lowest BCUT2D eigenvalue weighted by atomic mass is 9.97. The highest BCUT2D eigenvalue weighted by molar-refractivity contribution is 5.84. The SMILES string of the molecule is Cc1oc2ncnc(OCC(=O)NCCC3=CCCCC3)c2c1C. The Bertz CT molecular complexity index is 764. The number of carbonyl (C=O) groups is 1. The fourth-order valence-electron chi connectivity index (χ4n) is 2.94. The first-order valence-corrected chi connectivity index (χ1v) is 8.43. The van der Waals surface area contributed by atoms with Crippen LogP contribution < -0.4 is 10.1 Å². The van der Waals surface area contributed by atoms with Gasteiger partial charge in [0.15, 0.2) is 6.61 Å². The molecule has 1 aliphatic carbocycles. The summed E-state index contributed by atoms with van der Waals surface area (Å²) >= 11 is 0. The molecule has 0 unspecified atom stereocenters. The molecule has 0 saturated heterocycles. The third kappa shape index (κ3) is 3.75. The van der Waals surface area contributed by atoms with Crippen LogP contribution in [0.25, 0.3) is 11.1 Å². The van der Waals surface area contributed by atoms with Gasteiger partial charge in [-0.15, -0.1) is 0 Å². The first-order valence-electron chi connectivity index (χ1n) is 8.43. The number of nitrogens with zero attached hydrogens (tertiary/aromatic N) is 2. The number of fused-ring (bicyclic) bond motifs is 1. The van der Waals surface area contributed by atoms with E-state index in [1.54, 1.807) is 0 Å². The Morgan fingerprint density at radius 2 is 2.21 bits per heavy atom. The summed E-state index contributed by atoms with van der Waals surface area (Å²) in [4.78, 5) is 20.2. The zero-order valence-electron chi connectivity index (χ0n) is 14.2. The highest BCUT2D eigenvalue weighted by Crippen LogP contribution is 2.29. The second-order valence-corrected chi connectivity index (χ2v) is 6.14. The summed E-state index contributed by atoms with van der Waals surface area (Å²) in [6.07, 6.45) is 9.47. The van der Waals surface area contributed by atoms with E-state index in [9.17, 15) is 4.79 Å². The molecule has 3 rings (SSSR count). The predicted octanol–water partition coefficient (Wildman–Crippen LogP) is 3.23. The summed E-state index contributed by atoms with van der Waals surface area (Å²) in [6.45, 7) is 4.38. The van der Waals surface area contributed by atoms with Gasteiger partial charge in [-0.3, -0.25) is 4.79 Å². The average Bonchev–Trinajstić information content (AvgIpc) is 2.89. The molecule has 0 bridgehead atoms. The molecular weight excluding hydrogens is 306 g/mol. The number of hydrogen-bond acceptors (Lipinski definition) is 5. The summed E-state index contributed by atoms with van der Waals surface area (Å²) in [5.74, 6) is 1.02. The molecule has 1 N–H and O–H groups in total. The molecule has 6 heteroatoms. The Labute approximate surface area is 141 Å². The average molecular weight is 329 g/mol. The standard InChI is InChI=1S/C18H23N3O3/c1-12-13(2)24-18-16(12)17(20-11-21-18)23-10-15(22)19-9-8-14-6-4-3-5-7-14/h6,11H,3-5,7-10H2,1-2H3,(H,19,22). The lowest BCUT2D eigenvalue weighted by Gasteiger charge is -2.13. The molecule has 0 saturated carbocycles. The Morgan fingerprint density at radius 1 is 1.33 bits per heavy atom. The Morgan fingerprint density at radius 3 is 3.00 bits per heavy atom. The van der Waals surface area contributed by atoms with E-state index in [0.29, 0.717) is 18.1 Å². The van der Waals surface area contributed by atoms with Gasteiger partial charge in [0.05, 0.1) is 0 Å². The van der Waals surface area contributed by atoms with Gasteiger partial charge in [0.2, 0.25) is 11.6 Å². The van der Waals surface area contributed by atoms with Gasteiger partial charge in [-0.25, -0.2) is 9.97 Å². The van der Waals surface area contributed by atoms with E-state index in [2.05, 4.69) is 21.4 Å². The van der Waals surface area contributed by atoms with Crippen LogP contribution >= 0.6 is 0 Å². The molecule has 0 radical (unpaired) electrons. The molecule has 0 fully saturated rings. The van der Waals surface area contributed by atoms with E-state index in [1.165, 1.54) is 31.2 Å². The summed E-state index contributed by atoms with van der Waals surface area (Å²) < 4.78 is 11.1. The van der Waals surface area contributed by atoms with E-state index in [-0.39, 0.29) is 12.5 Å². The zero-order valence-corrected chi connectivity index (χ0v) is 14.2. The van der Waals surface area contributed by atoms with E-state index < -0.39 is 0 Å². The van der Waals surface area contributed by atoms with Crippen LogP contribution in [0.3, 0.4) is 0 Å². The van der Waals surface area contributed by atoms with Crippen molar-refractivity contribution >= 4 is 17.0 Å². The number of aryl methyl sites for hydroxylation is 2. The maximum Gasteiger partial charge on any atom is 0.258 e. The molecule has 2 aromatic rings. The zero-order chi connectivity index (χ0) is 16.9. The third-order valence-corrected chi connectivity index (χ3v) is 4.42. The number of ether oxygens (including phenoxy) is 1. The van der Waals surface area contributed by atoms with Gasteiger partial charge in [0.1, 0.15) is 17.5 Å². The highest BCUT2D eigenvalue weighted by Gasteiger charge is 2.15. The molecule has 24 heavy (non-hydrogen) atoms. The van der Waals surface area contributed by atoms with Crippen LogP contribution in [0.2, 0.25) is 0 Å². The lowest BCUT2D eigenvalue weighted by molar-refractivity contribution is -0.123. The van der Waals surface area contributed by atoms with Crippen molar-refractivity contribution in [3.63, 3.8) is 0 Å². The lowest BCUT2D eigenvalue weighted by Crippen LogP contribution is -2.30. The van der Waals surface area contributed by atoms with Crippen LogP contribution in [0, 0.1) is 13.8 Å². The second-order valence-electron chi connectivity index (χ2n) is 6.14. The molecule has 0 atom stereocenters. The van der Waals surface area contributed by atoms with Gasteiger partial charge in [0.25, 0.3) is 5.91 Å². The fourth-order valence-corrected chi connectivity index (χ4v) is 2.94. The summed E-state index contributed by atoms with van der Waals surface area (Å²) in [5, 5.41) is 3.63. The first kappa shape index (κ1) is 16.5. The summed E-state index contributed by atoms with van der Waals surface area (Å²) in [5.41, 5.74) is 2.87. The van der Waals surface area contributed by atoms with Gasteiger partial charge >= 0.3 is 0 Å². The Balaban J connectivity index is 1.52. The Hall–Kier alpha value is -2.37. The first-order chi connectivity index (χ1) is 11.6. The number of rotatable bonds is 6. The van der Waals surface area contributed by atoms with Crippen LogP contribution in [0.1, 0.15) is 43.4 Å².